The molecular weight excluding hydrogens is 210 g/mol. The fraction of sp³-hybridized carbons (Fsp3) is 0.600. The first-order valence-corrected chi connectivity index (χ1v) is 6.73. The van der Waals surface area contributed by atoms with Gasteiger partial charge in [-0.15, -0.1) is 0 Å². The number of nitrogens with one attached hydrogen (secondary N) is 1. The maximum absolute atomic E-state index is 6.32. The number of hydrogen-bond acceptors (Lipinski definition) is 2. The Kier molecular flexibility index (Phi) is 3.60. The molecule has 1 aliphatic rings. The molecule has 0 saturated carbocycles. The van der Waals surface area contributed by atoms with Crippen molar-refractivity contribution >= 4 is 5.69 Å². The lowest BCUT2D eigenvalue weighted by molar-refractivity contribution is 0.0139. The van der Waals surface area contributed by atoms with E-state index in [1.807, 2.05) is 12.1 Å². The molecule has 17 heavy (non-hydrogen) atoms. The predicted molar refractivity (Wildman–Crippen MR) is 72.7 cm³/mol. The number of benzene rings is 1. The zero-order valence-corrected chi connectivity index (χ0v) is 11.1. The largest absolute Gasteiger partial charge is 0.483 e. The summed E-state index contributed by atoms with van der Waals surface area (Å²) in [6.45, 7) is 7.69. The molecule has 0 fully saturated rings. The van der Waals surface area contributed by atoms with Gasteiger partial charge in [-0.05, 0) is 30.9 Å². The minimum absolute atomic E-state index is 0.0373. The number of anilines is 1. The van der Waals surface area contributed by atoms with E-state index >= 15 is 0 Å². The molecule has 94 valence electrons. The van der Waals surface area contributed by atoms with Crippen LogP contribution >= 0.6 is 0 Å². The van der Waals surface area contributed by atoms with E-state index in [9.17, 15) is 0 Å². The zero-order valence-electron chi connectivity index (χ0n) is 11.1. The van der Waals surface area contributed by atoms with Gasteiger partial charge in [-0.2, -0.15) is 0 Å². The molecule has 2 nitrogen and oxygen atoms in total. The van der Waals surface area contributed by atoms with Crippen molar-refractivity contribution in [2.75, 3.05) is 11.9 Å². The molecule has 1 aliphatic heterocycles. The van der Waals surface area contributed by atoms with Crippen molar-refractivity contribution in [2.45, 2.75) is 45.6 Å². The predicted octanol–water partition coefficient (Wildman–Crippen LogP) is 4.08. The van der Waals surface area contributed by atoms with E-state index in [0.29, 0.717) is 5.92 Å². The van der Waals surface area contributed by atoms with Crippen molar-refractivity contribution < 1.29 is 4.74 Å². The molecular formula is C15H23NO. The maximum atomic E-state index is 6.32. The lowest BCUT2D eigenvalue weighted by Crippen LogP contribution is -2.50. The van der Waals surface area contributed by atoms with Crippen LogP contribution in [0.2, 0.25) is 0 Å². The summed E-state index contributed by atoms with van der Waals surface area (Å²) >= 11 is 0. The molecule has 0 amide bonds. The summed E-state index contributed by atoms with van der Waals surface area (Å²) in [5, 5.41) is 3.52. The Balaban J connectivity index is 2.23. The molecule has 0 radical (unpaired) electrons. The Bertz CT molecular complexity index is 377. The van der Waals surface area contributed by atoms with Gasteiger partial charge in [-0.25, -0.2) is 0 Å². The van der Waals surface area contributed by atoms with Gasteiger partial charge in [0.25, 0.3) is 0 Å². The number of fused-ring (bicyclic) bond motifs is 1. The van der Waals surface area contributed by atoms with Gasteiger partial charge in [0.2, 0.25) is 0 Å². The highest BCUT2D eigenvalue weighted by Crippen LogP contribution is 2.39. The lowest BCUT2D eigenvalue weighted by atomic mass is 9.82. The van der Waals surface area contributed by atoms with E-state index in [1.165, 1.54) is 12.8 Å². The third kappa shape index (κ3) is 2.26. The first-order chi connectivity index (χ1) is 8.22. The molecule has 0 aliphatic carbocycles. The van der Waals surface area contributed by atoms with Gasteiger partial charge in [0, 0.05) is 0 Å². The Labute approximate surface area is 104 Å². The number of para-hydroxylation sites is 2. The van der Waals surface area contributed by atoms with Crippen molar-refractivity contribution in [1.29, 1.82) is 0 Å². The summed E-state index contributed by atoms with van der Waals surface area (Å²) < 4.78 is 6.32. The van der Waals surface area contributed by atoms with Crippen LogP contribution in [0.3, 0.4) is 0 Å². The summed E-state index contributed by atoms with van der Waals surface area (Å²) in [7, 11) is 0. The van der Waals surface area contributed by atoms with E-state index in [4.69, 9.17) is 4.74 Å². The smallest absolute Gasteiger partial charge is 0.143 e. The molecule has 2 atom stereocenters. The van der Waals surface area contributed by atoms with Gasteiger partial charge >= 0.3 is 0 Å². The van der Waals surface area contributed by atoms with Crippen LogP contribution in [-0.4, -0.2) is 12.1 Å². The highest BCUT2D eigenvalue weighted by Gasteiger charge is 2.39. The summed E-state index contributed by atoms with van der Waals surface area (Å²) in [6, 6.07) is 8.23. The first kappa shape index (κ1) is 12.3. The van der Waals surface area contributed by atoms with E-state index in [1.54, 1.807) is 0 Å². The summed E-state index contributed by atoms with van der Waals surface area (Å²) in [5.41, 5.74) is 1.09. The van der Waals surface area contributed by atoms with Crippen LogP contribution in [0.1, 0.15) is 40.0 Å². The Hall–Kier alpha value is -1.18. The van der Waals surface area contributed by atoms with Crippen molar-refractivity contribution in [1.82, 2.24) is 0 Å². The average Bonchev–Trinajstić information content (AvgIpc) is 2.38. The van der Waals surface area contributed by atoms with Crippen LogP contribution in [0.4, 0.5) is 5.69 Å². The Morgan fingerprint density at radius 3 is 2.82 bits per heavy atom. The second-order valence-corrected chi connectivity index (χ2v) is 5.06. The van der Waals surface area contributed by atoms with Crippen LogP contribution in [0.25, 0.3) is 0 Å². The average molecular weight is 233 g/mol. The number of hydrogen-bond donors (Lipinski definition) is 1. The van der Waals surface area contributed by atoms with Gasteiger partial charge in [0.15, 0.2) is 0 Å². The molecule has 1 aromatic rings. The van der Waals surface area contributed by atoms with Crippen LogP contribution in [0.5, 0.6) is 5.75 Å². The van der Waals surface area contributed by atoms with Gasteiger partial charge < -0.3 is 10.1 Å². The van der Waals surface area contributed by atoms with Gasteiger partial charge in [-0.3, -0.25) is 0 Å². The summed E-state index contributed by atoms with van der Waals surface area (Å²) in [4.78, 5) is 0. The summed E-state index contributed by atoms with van der Waals surface area (Å²) in [5.74, 6) is 1.59. The molecule has 0 bridgehead atoms. The topological polar surface area (TPSA) is 21.3 Å². The lowest BCUT2D eigenvalue weighted by Gasteiger charge is -2.43. The molecule has 1 aromatic carbocycles. The van der Waals surface area contributed by atoms with Crippen LogP contribution < -0.4 is 10.1 Å². The molecule has 1 heterocycles. The second kappa shape index (κ2) is 4.99. The standard InChI is InChI=1S/C15H23NO/c1-4-8-12(3)15(5-2)11-16-13-9-6-7-10-14(13)17-15/h6-7,9-10,12,16H,4-5,8,11H2,1-3H3. The van der Waals surface area contributed by atoms with E-state index in [2.05, 4.69) is 38.2 Å². The Morgan fingerprint density at radius 2 is 2.12 bits per heavy atom. The molecule has 0 aromatic heterocycles. The maximum Gasteiger partial charge on any atom is 0.143 e. The van der Waals surface area contributed by atoms with Crippen molar-refractivity contribution in [3.63, 3.8) is 0 Å². The highest BCUT2D eigenvalue weighted by atomic mass is 16.5. The number of ether oxygens (including phenoxy) is 1. The van der Waals surface area contributed by atoms with E-state index < -0.39 is 0 Å². The van der Waals surface area contributed by atoms with Gasteiger partial charge in [0.05, 0.1) is 12.2 Å². The van der Waals surface area contributed by atoms with Crippen LogP contribution in [-0.2, 0) is 0 Å². The molecule has 0 saturated heterocycles. The number of rotatable bonds is 4. The molecule has 1 N–H and O–H groups in total. The molecule has 2 rings (SSSR count). The van der Waals surface area contributed by atoms with E-state index in [-0.39, 0.29) is 5.60 Å². The van der Waals surface area contributed by atoms with Gasteiger partial charge in [-0.1, -0.05) is 39.3 Å². The normalized spacial score (nSPS) is 24.4. The van der Waals surface area contributed by atoms with Crippen LogP contribution in [0, 0.1) is 5.92 Å². The van der Waals surface area contributed by atoms with Crippen molar-refractivity contribution in [3.8, 4) is 5.75 Å². The molecule has 2 unspecified atom stereocenters. The van der Waals surface area contributed by atoms with Crippen LogP contribution in [0.15, 0.2) is 24.3 Å². The Morgan fingerprint density at radius 1 is 1.35 bits per heavy atom. The fourth-order valence-corrected chi connectivity index (χ4v) is 2.72. The van der Waals surface area contributed by atoms with Gasteiger partial charge in [0.1, 0.15) is 11.4 Å². The SMILES string of the molecule is CCCC(C)C1(CC)CNc2ccccc2O1. The molecule has 2 heteroatoms. The summed E-state index contributed by atoms with van der Waals surface area (Å²) in [6.07, 6.45) is 3.49. The minimum Gasteiger partial charge on any atom is -0.483 e. The third-order valence-corrected chi connectivity index (χ3v) is 4.00. The minimum atomic E-state index is -0.0373. The monoisotopic (exact) mass is 233 g/mol. The second-order valence-electron chi connectivity index (χ2n) is 5.06. The quantitative estimate of drug-likeness (QED) is 0.846. The van der Waals surface area contributed by atoms with Crippen molar-refractivity contribution in [2.24, 2.45) is 5.92 Å². The zero-order chi connectivity index (χ0) is 12.3. The first-order valence-electron chi connectivity index (χ1n) is 6.73. The fourth-order valence-electron chi connectivity index (χ4n) is 2.72. The van der Waals surface area contributed by atoms with Crippen molar-refractivity contribution in [3.05, 3.63) is 24.3 Å². The van der Waals surface area contributed by atoms with E-state index in [0.717, 1.165) is 24.4 Å². The third-order valence-electron chi connectivity index (χ3n) is 4.00. The highest BCUT2D eigenvalue weighted by molar-refractivity contribution is 5.58. The molecule has 0 spiro atoms.